The first-order valence-electron chi connectivity index (χ1n) is 1.52. The Morgan fingerprint density at radius 1 is 1.00 bits per heavy atom. The summed E-state index contributed by atoms with van der Waals surface area (Å²) in [7, 11) is 0. The molecule has 0 amide bonds. The standard InChI is InChI=1S/C4H4N.Pt/c1-2-4-5-3-1;/h1-4H;/q-1;. The fraction of sp³-hybridized carbons (Fsp3) is 0. The zero-order chi connectivity index (χ0) is 3.54. The van der Waals surface area contributed by atoms with E-state index in [0.29, 0.717) is 0 Å². The van der Waals surface area contributed by atoms with Crippen LogP contribution in [0.25, 0.3) is 0 Å². The number of nitrogens with zero attached hydrogens (tertiary/aromatic N) is 1. The van der Waals surface area contributed by atoms with Gasteiger partial charge in [-0.3, -0.25) is 0 Å². The summed E-state index contributed by atoms with van der Waals surface area (Å²) in [6.45, 7) is 0. The molecule has 1 aromatic rings. The van der Waals surface area contributed by atoms with Gasteiger partial charge < -0.3 is 4.98 Å². The van der Waals surface area contributed by atoms with E-state index in [-0.39, 0.29) is 21.1 Å². The predicted octanol–water partition coefficient (Wildman–Crippen LogP) is 0.641. The van der Waals surface area contributed by atoms with Crippen LogP contribution >= 0.6 is 0 Å². The second-order valence-corrected chi connectivity index (χ2v) is 0.832. The van der Waals surface area contributed by atoms with E-state index in [9.17, 15) is 0 Å². The molecule has 0 saturated carbocycles. The van der Waals surface area contributed by atoms with Gasteiger partial charge in [0, 0.05) is 21.1 Å². The Morgan fingerprint density at radius 3 is 1.67 bits per heavy atom. The van der Waals surface area contributed by atoms with E-state index in [2.05, 4.69) is 4.98 Å². The second-order valence-electron chi connectivity index (χ2n) is 0.832. The maximum absolute atomic E-state index is 3.72. The maximum Gasteiger partial charge on any atom is 0 e. The van der Waals surface area contributed by atoms with Crippen LogP contribution in [0.4, 0.5) is 0 Å². The Labute approximate surface area is 51.0 Å². The summed E-state index contributed by atoms with van der Waals surface area (Å²) in [4.78, 5) is 3.72. The molecule has 1 rings (SSSR count). The van der Waals surface area contributed by atoms with Gasteiger partial charge in [0.15, 0.2) is 0 Å². The van der Waals surface area contributed by atoms with Crippen molar-refractivity contribution in [1.82, 2.24) is 4.98 Å². The number of aromatic nitrogens is 1. The van der Waals surface area contributed by atoms with E-state index in [1.807, 2.05) is 12.1 Å². The molecule has 1 heterocycles. The van der Waals surface area contributed by atoms with E-state index < -0.39 is 0 Å². The third-order valence-corrected chi connectivity index (χ3v) is 0.455. The Hall–Kier alpha value is -0.0317. The third kappa shape index (κ3) is 1.42. The summed E-state index contributed by atoms with van der Waals surface area (Å²) in [6, 6.07) is 3.78. The molecule has 0 aromatic carbocycles. The van der Waals surface area contributed by atoms with Crippen molar-refractivity contribution >= 4 is 0 Å². The average Bonchev–Trinajstić information content (AvgIpc) is 1.76. The van der Waals surface area contributed by atoms with Crippen LogP contribution in [-0.2, 0) is 21.1 Å². The van der Waals surface area contributed by atoms with Crippen molar-refractivity contribution < 1.29 is 21.1 Å². The van der Waals surface area contributed by atoms with Crippen LogP contribution in [0.2, 0.25) is 0 Å². The van der Waals surface area contributed by atoms with E-state index in [1.54, 1.807) is 12.4 Å². The molecule has 1 aromatic heterocycles. The molecule has 0 atom stereocenters. The summed E-state index contributed by atoms with van der Waals surface area (Å²) in [5.74, 6) is 0. The molecular formula is C4H4NPt-. The van der Waals surface area contributed by atoms with Crippen molar-refractivity contribution in [3.63, 3.8) is 0 Å². The van der Waals surface area contributed by atoms with Crippen molar-refractivity contribution in [3.8, 4) is 0 Å². The van der Waals surface area contributed by atoms with Gasteiger partial charge in [-0.1, -0.05) is 12.1 Å². The van der Waals surface area contributed by atoms with Crippen LogP contribution in [0.1, 0.15) is 0 Å². The molecular weight excluding hydrogens is 257 g/mol. The number of rotatable bonds is 0. The van der Waals surface area contributed by atoms with Crippen LogP contribution in [0.3, 0.4) is 0 Å². The smallest absolute Gasteiger partial charge is 0 e. The summed E-state index contributed by atoms with van der Waals surface area (Å²) < 4.78 is 0. The zero-order valence-electron chi connectivity index (χ0n) is 3.07. The van der Waals surface area contributed by atoms with Gasteiger partial charge in [-0.25, -0.2) is 0 Å². The largest absolute Gasteiger partial charge is 0.670 e. The summed E-state index contributed by atoms with van der Waals surface area (Å²) in [5.41, 5.74) is 0. The molecule has 0 saturated heterocycles. The van der Waals surface area contributed by atoms with Gasteiger partial charge in [0.1, 0.15) is 0 Å². The van der Waals surface area contributed by atoms with Crippen molar-refractivity contribution in [2.75, 3.05) is 0 Å². The van der Waals surface area contributed by atoms with Crippen molar-refractivity contribution in [3.05, 3.63) is 24.5 Å². The topological polar surface area (TPSA) is 14.1 Å². The fourth-order valence-corrected chi connectivity index (χ4v) is 0.248. The molecule has 0 unspecified atom stereocenters. The van der Waals surface area contributed by atoms with E-state index >= 15 is 0 Å². The van der Waals surface area contributed by atoms with Gasteiger partial charge in [0.05, 0.1) is 0 Å². The molecule has 6 heavy (non-hydrogen) atoms. The third-order valence-electron chi connectivity index (χ3n) is 0.455. The Morgan fingerprint density at radius 2 is 1.50 bits per heavy atom. The molecule has 0 fully saturated rings. The Balaban J connectivity index is 0.000000250. The second kappa shape index (κ2) is 3.17. The van der Waals surface area contributed by atoms with Gasteiger partial charge in [-0.2, -0.15) is 12.4 Å². The van der Waals surface area contributed by atoms with Crippen LogP contribution in [-0.4, -0.2) is 0 Å². The average molecular weight is 261 g/mol. The number of hydrogen-bond donors (Lipinski definition) is 0. The normalized spacial score (nSPS) is 6.67. The summed E-state index contributed by atoms with van der Waals surface area (Å²) in [6.07, 6.45) is 3.50. The zero-order valence-corrected chi connectivity index (χ0v) is 5.35. The predicted molar refractivity (Wildman–Crippen MR) is 19.8 cm³/mol. The Bertz CT molecular complexity index is 64.0. The van der Waals surface area contributed by atoms with E-state index in [0.717, 1.165) is 0 Å². The molecule has 1 nitrogen and oxygen atoms in total. The molecule has 0 spiro atoms. The quantitative estimate of drug-likeness (QED) is 0.668. The monoisotopic (exact) mass is 261 g/mol. The number of hydrogen-bond acceptors (Lipinski definition) is 0. The van der Waals surface area contributed by atoms with Gasteiger partial charge in [0.2, 0.25) is 0 Å². The SMILES string of the molecule is [Pt].c1cc[n-]c1. The molecule has 0 aliphatic rings. The van der Waals surface area contributed by atoms with Crippen LogP contribution in [0.15, 0.2) is 24.5 Å². The van der Waals surface area contributed by atoms with Gasteiger partial charge >= 0.3 is 0 Å². The molecule has 0 radical (unpaired) electrons. The molecule has 2 heteroatoms. The molecule has 36 valence electrons. The minimum Gasteiger partial charge on any atom is -0.670 e. The van der Waals surface area contributed by atoms with Crippen LogP contribution in [0, 0.1) is 0 Å². The maximum atomic E-state index is 3.72. The minimum atomic E-state index is 0. The van der Waals surface area contributed by atoms with Crippen LogP contribution < -0.4 is 4.98 Å². The summed E-state index contributed by atoms with van der Waals surface area (Å²) in [5, 5.41) is 0. The summed E-state index contributed by atoms with van der Waals surface area (Å²) >= 11 is 0. The molecule has 0 bridgehead atoms. The van der Waals surface area contributed by atoms with Gasteiger partial charge in [0.25, 0.3) is 0 Å². The molecule has 0 aliphatic carbocycles. The van der Waals surface area contributed by atoms with Crippen LogP contribution in [0.5, 0.6) is 0 Å². The Kier molecular flexibility index (Phi) is 3.15. The van der Waals surface area contributed by atoms with Crippen molar-refractivity contribution in [1.29, 1.82) is 0 Å². The molecule has 0 aliphatic heterocycles. The fourth-order valence-electron chi connectivity index (χ4n) is 0.248. The first-order chi connectivity index (χ1) is 2.50. The van der Waals surface area contributed by atoms with Crippen molar-refractivity contribution in [2.24, 2.45) is 0 Å². The first kappa shape index (κ1) is 5.97. The van der Waals surface area contributed by atoms with Crippen molar-refractivity contribution in [2.45, 2.75) is 0 Å². The van der Waals surface area contributed by atoms with E-state index in [4.69, 9.17) is 0 Å². The first-order valence-corrected chi connectivity index (χ1v) is 1.52. The minimum absolute atomic E-state index is 0. The molecule has 0 N–H and O–H groups in total. The van der Waals surface area contributed by atoms with E-state index in [1.165, 1.54) is 0 Å². The van der Waals surface area contributed by atoms with Gasteiger partial charge in [-0.05, 0) is 0 Å². The van der Waals surface area contributed by atoms with Gasteiger partial charge in [-0.15, -0.1) is 0 Å².